The Balaban J connectivity index is 2.62. The van der Waals surface area contributed by atoms with Gasteiger partial charge in [0, 0.05) is 6.54 Å². The molecule has 1 rings (SSSR count). The van der Waals surface area contributed by atoms with E-state index in [2.05, 4.69) is 4.90 Å². The van der Waals surface area contributed by atoms with Crippen LogP contribution in [0.5, 0.6) is 0 Å². The fourth-order valence-corrected chi connectivity index (χ4v) is 2.60. The molecule has 1 aliphatic rings. The quantitative estimate of drug-likeness (QED) is 0.796. The molecule has 0 bridgehead atoms. The molecule has 1 amide bonds. The van der Waals surface area contributed by atoms with Gasteiger partial charge in [-0.05, 0) is 39.3 Å². The number of nitrogens with zero attached hydrogens (tertiary/aromatic N) is 2. The molecule has 1 saturated heterocycles. The SMILES string of the molecule is CCCN(CC(=O)O)C(=O)[C@H](C)N1CCCCCC1. The first kappa shape index (κ1) is 16.0. The summed E-state index contributed by atoms with van der Waals surface area (Å²) < 4.78 is 0. The normalized spacial score (nSPS) is 18.6. The maximum Gasteiger partial charge on any atom is 0.323 e. The van der Waals surface area contributed by atoms with E-state index >= 15 is 0 Å². The molecular weight excluding hydrogens is 244 g/mol. The summed E-state index contributed by atoms with van der Waals surface area (Å²) in [5, 5.41) is 8.89. The predicted molar refractivity (Wildman–Crippen MR) is 74.0 cm³/mol. The Morgan fingerprint density at radius 3 is 2.26 bits per heavy atom. The van der Waals surface area contributed by atoms with Gasteiger partial charge in [0.1, 0.15) is 6.54 Å². The van der Waals surface area contributed by atoms with E-state index in [1.165, 1.54) is 17.7 Å². The van der Waals surface area contributed by atoms with Crippen LogP contribution in [0.2, 0.25) is 0 Å². The lowest BCUT2D eigenvalue weighted by Gasteiger charge is -2.31. The van der Waals surface area contributed by atoms with E-state index in [0.29, 0.717) is 6.54 Å². The molecule has 5 heteroatoms. The average Bonchev–Trinajstić information content (AvgIpc) is 2.64. The number of aliphatic carboxylic acids is 1. The number of carboxylic acids is 1. The summed E-state index contributed by atoms with van der Waals surface area (Å²) in [5.74, 6) is -0.990. The maximum atomic E-state index is 12.4. The van der Waals surface area contributed by atoms with Crippen molar-refractivity contribution in [2.24, 2.45) is 0 Å². The lowest BCUT2D eigenvalue weighted by Crippen LogP contribution is -2.49. The minimum Gasteiger partial charge on any atom is -0.480 e. The van der Waals surface area contributed by atoms with E-state index in [1.807, 2.05) is 13.8 Å². The van der Waals surface area contributed by atoms with Gasteiger partial charge in [0.15, 0.2) is 0 Å². The molecule has 0 aliphatic carbocycles. The molecule has 0 unspecified atom stereocenters. The second kappa shape index (κ2) is 8.15. The highest BCUT2D eigenvalue weighted by molar-refractivity contribution is 5.85. The smallest absolute Gasteiger partial charge is 0.323 e. The first-order chi connectivity index (χ1) is 9.06. The standard InChI is InChI=1S/C14H26N2O3/c1-3-8-16(11-13(17)18)14(19)12(2)15-9-6-4-5-7-10-15/h12H,3-11H2,1-2H3,(H,17,18)/t12-/m0/s1. The van der Waals surface area contributed by atoms with Crippen molar-refractivity contribution in [3.8, 4) is 0 Å². The van der Waals surface area contributed by atoms with E-state index in [-0.39, 0.29) is 18.5 Å². The van der Waals surface area contributed by atoms with Gasteiger partial charge in [-0.1, -0.05) is 19.8 Å². The second-order valence-corrected chi connectivity index (χ2v) is 5.28. The minimum absolute atomic E-state index is 0.0499. The first-order valence-corrected chi connectivity index (χ1v) is 7.31. The highest BCUT2D eigenvalue weighted by atomic mass is 16.4. The predicted octanol–water partition coefficient (Wildman–Crippen LogP) is 1.57. The monoisotopic (exact) mass is 270 g/mol. The van der Waals surface area contributed by atoms with E-state index in [0.717, 1.165) is 32.4 Å². The van der Waals surface area contributed by atoms with Crippen LogP contribution in [0, 0.1) is 0 Å². The third-order valence-electron chi connectivity index (χ3n) is 3.68. The molecule has 1 fully saturated rings. The molecule has 0 aromatic rings. The number of carbonyl (C=O) groups is 2. The van der Waals surface area contributed by atoms with Crippen molar-refractivity contribution in [3.63, 3.8) is 0 Å². The summed E-state index contributed by atoms with van der Waals surface area (Å²) in [7, 11) is 0. The van der Waals surface area contributed by atoms with Crippen molar-refractivity contribution < 1.29 is 14.7 Å². The molecule has 1 atom stereocenters. The largest absolute Gasteiger partial charge is 0.480 e. The number of likely N-dealkylation sites (tertiary alicyclic amines) is 1. The van der Waals surface area contributed by atoms with Crippen LogP contribution in [-0.4, -0.2) is 59.0 Å². The number of carboxylic acid groups (broad SMARTS) is 1. The molecule has 0 aromatic carbocycles. The van der Waals surface area contributed by atoms with Crippen molar-refractivity contribution in [3.05, 3.63) is 0 Å². The molecule has 1 aliphatic heterocycles. The number of hydrogen-bond donors (Lipinski definition) is 1. The molecule has 110 valence electrons. The summed E-state index contributed by atoms with van der Waals surface area (Å²) in [5.41, 5.74) is 0. The lowest BCUT2D eigenvalue weighted by molar-refractivity contribution is -0.146. The first-order valence-electron chi connectivity index (χ1n) is 7.31. The van der Waals surface area contributed by atoms with Crippen molar-refractivity contribution in [2.75, 3.05) is 26.2 Å². The van der Waals surface area contributed by atoms with Crippen molar-refractivity contribution in [2.45, 2.75) is 52.0 Å². The van der Waals surface area contributed by atoms with Gasteiger partial charge in [-0.15, -0.1) is 0 Å². The lowest BCUT2D eigenvalue weighted by atomic mass is 10.2. The van der Waals surface area contributed by atoms with Crippen LogP contribution in [0.4, 0.5) is 0 Å². The van der Waals surface area contributed by atoms with Gasteiger partial charge >= 0.3 is 5.97 Å². The van der Waals surface area contributed by atoms with E-state index < -0.39 is 5.97 Å². The Morgan fingerprint density at radius 1 is 1.21 bits per heavy atom. The van der Waals surface area contributed by atoms with Gasteiger partial charge in [0.05, 0.1) is 6.04 Å². The summed E-state index contributed by atoms with van der Waals surface area (Å²) >= 11 is 0. The van der Waals surface area contributed by atoms with Crippen LogP contribution in [0.1, 0.15) is 46.0 Å². The zero-order valence-corrected chi connectivity index (χ0v) is 12.1. The van der Waals surface area contributed by atoms with Crippen LogP contribution < -0.4 is 0 Å². The summed E-state index contributed by atoms with van der Waals surface area (Å²) in [6.07, 6.45) is 5.50. The number of rotatable bonds is 6. The molecule has 0 aromatic heterocycles. The second-order valence-electron chi connectivity index (χ2n) is 5.28. The van der Waals surface area contributed by atoms with Crippen molar-refractivity contribution in [1.82, 2.24) is 9.80 Å². The molecule has 0 radical (unpaired) electrons. The van der Waals surface area contributed by atoms with Crippen molar-refractivity contribution >= 4 is 11.9 Å². The summed E-state index contributed by atoms with van der Waals surface area (Å²) in [6, 6.07) is -0.205. The number of hydrogen-bond acceptors (Lipinski definition) is 3. The molecule has 1 N–H and O–H groups in total. The van der Waals surface area contributed by atoms with Gasteiger partial charge < -0.3 is 10.0 Å². The van der Waals surface area contributed by atoms with Crippen molar-refractivity contribution in [1.29, 1.82) is 0 Å². The highest BCUT2D eigenvalue weighted by Crippen LogP contribution is 2.14. The van der Waals surface area contributed by atoms with Crippen LogP contribution in [0.25, 0.3) is 0 Å². The van der Waals surface area contributed by atoms with Gasteiger partial charge in [-0.2, -0.15) is 0 Å². The molecule has 0 saturated carbocycles. The van der Waals surface area contributed by atoms with Gasteiger partial charge in [-0.25, -0.2) is 0 Å². The van der Waals surface area contributed by atoms with Crippen LogP contribution in [0.3, 0.4) is 0 Å². The number of carbonyl (C=O) groups excluding carboxylic acids is 1. The van der Waals surface area contributed by atoms with Crippen LogP contribution in [-0.2, 0) is 9.59 Å². The number of amides is 1. The highest BCUT2D eigenvalue weighted by Gasteiger charge is 2.27. The van der Waals surface area contributed by atoms with Gasteiger partial charge in [-0.3, -0.25) is 14.5 Å². The van der Waals surface area contributed by atoms with Gasteiger partial charge in [0.25, 0.3) is 0 Å². The fourth-order valence-electron chi connectivity index (χ4n) is 2.60. The topological polar surface area (TPSA) is 60.9 Å². The van der Waals surface area contributed by atoms with Crippen LogP contribution >= 0.6 is 0 Å². The van der Waals surface area contributed by atoms with E-state index in [4.69, 9.17) is 5.11 Å². The molecule has 1 heterocycles. The molecule has 5 nitrogen and oxygen atoms in total. The zero-order chi connectivity index (χ0) is 14.3. The van der Waals surface area contributed by atoms with Crippen LogP contribution in [0.15, 0.2) is 0 Å². The maximum absolute atomic E-state index is 12.4. The summed E-state index contributed by atoms with van der Waals surface area (Å²) in [4.78, 5) is 26.9. The van der Waals surface area contributed by atoms with Gasteiger partial charge in [0.2, 0.25) is 5.91 Å². The average molecular weight is 270 g/mol. The molecule has 0 spiro atoms. The fraction of sp³-hybridized carbons (Fsp3) is 0.857. The van der Waals surface area contributed by atoms with E-state index in [9.17, 15) is 9.59 Å². The minimum atomic E-state index is -0.940. The molecular formula is C14H26N2O3. The Bertz CT molecular complexity index is 299. The van der Waals surface area contributed by atoms with E-state index in [1.54, 1.807) is 0 Å². The summed E-state index contributed by atoms with van der Waals surface area (Å²) in [6.45, 7) is 6.07. The molecule has 19 heavy (non-hydrogen) atoms. The Kier molecular flexibility index (Phi) is 6.84. The third-order valence-corrected chi connectivity index (χ3v) is 3.68. The third kappa shape index (κ3) is 5.19. The Hall–Kier alpha value is -1.10. The Labute approximate surface area is 115 Å². The zero-order valence-electron chi connectivity index (χ0n) is 12.1. The Morgan fingerprint density at radius 2 is 1.79 bits per heavy atom.